The molecule has 1 N–H and O–H groups in total. The number of amides is 1. The van der Waals surface area contributed by atoms with Gasteiger partial charge in [-0.05, 0) is 57.9 Å². The van der Waals surface area contributed by atoms with Gasteiger partial charge < -0.3 is 10.1 Å². The van der Waals surface area contributed by atoms with E-state index < -0.39 is 4.92 Å². The Kier molecular flexibility index (Phi) is 7.18. The third kappa shape index (κ3) is 6.05. The van der Waals surface area contributed by atoms with Gasteiger partial charge in [0.15, 0.2) is 0 Å². The van der Waals surface area contributed by atoms with E-state index in [1.165, 1.54) is 17.7 Å². The van der Waals surface area contributed by atoms with Gasteiger partial charge in [0.2, 0.25) is 5.91 Å². The Bertz CT molecular complexity index is 875. The number of nitro groups is 1. The number of halogens is 1. The zero-order chi connectivity index (χ0) is 20.9. The minimum atomic E-state index is -0.480. The molecule has 0 aliphatic carbocycles. The van der Waals surface area contributed by atoms with Crippen LogP contribution in [0.5, 0.6) is 5.75 Å². The zero-order valence-electron chi connectivity index (χ0n) is 16.5. The van der Waals surface area contributed by atoms with Crippen LogP contribution in [0.3, 0.4) is 0 Å². The molecule has 0 radical (unpaired) electrons. The second-order valence-corrected chi connectivity index (χ2v) is 8.51. The van der Waals surface area contributed by atoms with Crippen molar-refractivity contribution in [3.63, 3.8) is 0 Å². The predicted molar refractivity (Wildman–Crippen MR) is 114 cm³/mol. The highest BCUT2D eigenvalue weighted by molar-refractivity contribution is 9.10. The molecule has 0 unspecified atom stereocenters. The number of nitrogens with zero attached hydrogens (tertiary/aromatic N) is 1. The molecule has 0 aliphatic rings. The highest BCUT2D eigenvalue weighted by Crippen LogP contribution is 2.31. The van der Waals surface area contributed by atoms with Gasteiger partial charge in [0.25, 0.3) is 5.69 Å². The third-order valence-electron chi connectivity index (χ3n) is 4.31. The van der Waals surface area contributed by atoms with Crippen molar-refractivity contribution in [2.24, 2.45) is 0 Å². The molecule has 0 bridgehead atoms. The first kappa shape index (κ1) is 21.9. The summed E-state index contributed by atoms with van der Waals surface area (Å²) in [6, 6.07) is 10.4. The number of benzene rings is 2. The summed E-state index contributed by atoms with van der Waals surface area (Å²) < 4.78 is 6.65. The van der Waals surface area contributed by atoms with Gasteiger partial charge in [0.05, 0.1) is 21.7 Å². The van der Waals surface area contributed by atoms with Crippen molar-refractivity contribution in [2.75, 3.05) is 11.9 Å². The molecule has 0 heterocycles. The lowest BCUT2D eigenvalue weighted by atomic mass is 9.87. The van der Waals surface area contributed by atoms with Gasteiger partial charge in [-0.2, -0.15) is 0 Å². The van der Waals surface area contributed by atoms with Crippen LogP contribution < -0.4 is 10.1 Å². The summed E-state index contributed by atoms with van der Waals surface area (Å²) in [5.41, 5.74) is 2.45. The summed E-state index contributed by atoms with van der Waals surface area (Å²) in [6.45, 7) is 8.64. The van der Waals surface area contributed by atoms with Crippen LogP contribution in [0.1, 0.15) is 44.7 Å². The number of rotatable bonds is 7. The van der Waals surface area contributed by atoms with Crippen LogP contribution in [0, 0.1) is 17.0 Å². The van der Waals surface area contributed by atoms with Crippen molar-refractivity contribution in [2.45, 2.75) is 46.0 Å². The molecule has 0 fully saturated rings. The van der Waals surface area contributed by atoms with E-state index in [1.807, 2.05) is 18.2 Å². The van der Waals surface area contributed by atoms with Crippen molar-refractivity contribution in [1.29, 1.82) is 0 Å². The van der Waals surface area contributed by atoms with Gasteiger partial charge in [-0.1, -0.05) is 32.9 Å². The number of nitrogens with one attached hydrogen (secondary N) is 1. The van der Waals surface area contributed by atoms with Crippen molar-refractivity contribution >= 4 is 33.2 Å². The highest BCUT2D eigenvalue weighted by atomic mass is 79.9. The van der Waals surface area contributed by atoms with Gasteiger partial charge in [-0.15, -0.1) is 0 Å². The molecule has 0 spiro atoms. The second kappa shape index (κ2) is 9.19. The summed E-state index contributed by atoms with van der Waals surface area (Å²) in [6.07, 6.45) is 0.799. The maximum atomic E-state index is 12.1. The second-order valence-electron chi connectivity index (χ2n) is 7.65. The first-order chi connectivity index (χ1) is 13.1. The molecule has 2 rings (SSSR count). The smallest absolute Gasteiger partial charge is 0.271 e. The van der Waals surface area contributed by atoms with E-state index in [-0.39, 0.29) is 23.4 Å². The number of carbonyl (C=O) groups excluding carboxylic acids is 1. The fourth-order valence-corrected chi connectivity index (χ4v) is 3.06. The van der Waals surface area contributed by atoms with Crippen LogP contribution in [0.25, 0.3) is 0 Å². The van der Waals surface area contributed by atoms with Crippen molar-refractivity contribution in [1.82, 2.24) is 0 Å². The van der Waals surface area contributed by atoms with Crippen molar-refractivity contribution < 1.29 is 14.5 Å². The Morgan fingerprint density at radius 3 is 2.54 bits per heavy atom. The van der Waals surface area contributed by atoms with E-state index in [9.17, 15) is 14.9 Å². The molecule has 6 nitrogen and oxygen atoms in total. The van der Waals surface area contributed by atoms with Crippen LogP contribution in [-0.4, -0.2) is 17.4 Å². The van der Waals surface area contributed by atoms with Crippen LogP contribution in [0.2, 0.25) is 0 Å². The van der Waals surface area contributed by atoms with Crippen molar-refractivity contribution in [3.05, 3.63) is 62.1 Å². The van der Waals surface area contributed by atoms with Crippen molar-refractivity contribution in [3.8, 4) is 5.75 Å². The number of hydrogen-bond acceptors (Lipinski definition) is 4. The first-order valence-electron chi connectivity index (χ1n) is 9.05. The SMILES string of the molecule is Cc1ccc([N+](=O)[O-])cc1NC(=O)CCCOc1ccc(C(C)(C)C)cc1Br. The summed E-state index contributed by atoms with van der Waals surface area (Å²) in [5.74, 6) is 0.539. The minimum Gasteiger partial charge on any atom is -0.492 e. The number of aryl methyl sites for hydroxylation is 1. The zero-order valence-corrected chi connectivity index (χ0v) is 18.1. The van der Waals surface area contributed by atoms with E-state index in [0.717, 1.165) is 15.8 Å². The molecular formula is C21H25BrN2O4. The normalized spacial score (nSPS) is 11.2. The lowest BCUT2D eigenvalue weighted by Crippen LogP contribution is -2.14. The molecule has 0 aliphatic heterocycles. The molecule has 0 saturated carbocycles. The Morgan fingerprint density at radius 2 is 1.93 bits per heavy atom. The maximum absolute atomic E-state index is 12.1. The monoisotopic (exact) mass is 448 g/mol. The molecule has 0 saturated heterocycles. The molecule has 150 valence electrons. The Morgan fingerprint density at radius 1 is 1.21 bits per heavy atom. The summed E-state index contributed by atoms with van der Waals surface area (Å²) in [5, 5.41) is 13.6. The average molecular weight is 449 g/mol. The van der Waals surface area contributed by atoms with Crippen LogP contribution in [0.4, 0.5) is 11.4 Å². The lowest BCUT2D eigenvalue weighted by Gasteiger charge is -2.20. The van der Waals surface area contributed by atoms with Gasteiger partial charge >= 0.3 is 0 Å². The quantitative estimate of drug-likeness (QED) is 0.331. The number of anilines is 1. The van der Waals surface area contributed by atoms with E-state index in [0.29, 0.717) is 18.7 Å². The Balaban J connectivity index is 1.85. The largest absolute Gasteiger partial charge is 0.492 e. The van der Waals surface area contributed by atoms with Gasteiger partial charge in [-0.3, -0.25) is 14.9 Å². The number of hydrogen-bond donors (Lipinski definition) is 1. The van der Waals surface area contributed by atoms with Crippen LogP contribution in [-0.2, 0) is 10.2 Å². The molecule has 0 atom stereocenters. The number of carbonyl (C=O) groups is 1. The van der Waals surface area contributed by atoms with Crippen LogP contribution >= 0.6 is 15.9 Å². The number of nitro benzene ring substituents is 1. The number of ether oxygens (including phenoxy) is 1. The lowest BCUT2D eigenvalue weighted by molar-refractivity contribution is -0.384. The van der Waals surface area contributed by atoms with E-state index in [2.05, 4.69) is 42.0 Å². The maximum Gasteiger partial charge on any atom is 0.271 e. The Labute approximate surface area is 173 Å². The van der Waals surface area contributed by atoms with Gasteiger partial charge in [0.1, 0.15) is 5.75 Å². The average Bonchev–Trinajstić information content (AvgIpc) is 2.60. The highest BCUT2D eigenvalue weighted by Gasteiger charge is 2.15. The van der Waals surface area contributed by atoms with E-state index in [4.69, 9.17) is 4.74 Å². The molecule has 28 heavy (non-hydrogen) atoms. The van der Waals surface area contributed by atoms with E-state index >= 15 is 0 Å². The molecule has 1 amide bonds. The summed E-state index contributed by atoms with van der Waals surface area (Å²) >= 11 is 3.53. The molecule has 2 aromatic carbocycles. The molecule has 2 aromatic rings. The van der Waals surface area contributed by atoms with Gasteiger partial charge in [-0.25, -0.2) is 0 Å². The number of non-ortho nitro benzene ring substituents is 1. The minimum absolute atomic E-state index is 0.0483. The standard InChI is InChI=1S/C21H25BrN2O4/c1-14-7-9-16(24(26)27)13-18(14)23-20(25)6-5-11-28-19-10-8-15(12-17(19)22)21(2,3)4/h7-10,12-13H,5-6,11H2,1-4H3,(H,23,25). The molecule has 7 heteroatoms. The first-order valence-corrected chi connectivity index (χ1v) is 9.85. The summed E-state index contributed by atoms with van der Waals surface area (Å²) in [4.78, 5) is 22.5. The fraction of sp³-hybridized carbons (Fsp3) is 0.381. The topological polar surface area (TPSA) is 81.5 Å². The molecule has 0 aromatic heterocycles. The van der Waals surface area contributed by atoms with Crippen LogP contribution in [0.15, 0.2) is 40.9 Å². The van der Waals surface area contributed by atoms with Gasteiger partial charge in [0, 0.05) is 18.6 Å². The third-order valence-corrected chi connectivity index (χ3v) is 4.93. The Hall–Kier alpha value is -2.41. The predicted octanol–water partition coefficient (Wildman–Crippen LogP) is 5.76. The fourth-order valence-electron chi connectivity index (χ4n) is 2.57. The molecular weight excluding hydrogens is 424 g/mol. The van der Waals surface area contributed by atoms with E-state index in [1.54, 1.807) is 13.0 Å². The summed E-state index contributed by atoms with van der Waals surface area (Å²) in [7, 11) is 0.